The van der Waals surface area contributed by atoms with Gasteiger partial charge in [-0.05, 0) is 0 Å². The molecule has 1 aliphatic heterocycles. The van der Waals surface area contributed by atoms with Gasteiger partial charge in [0.25, 0.3) is 0 Å². The average molecular weight is 285 g/mol. The molecule has 5 nitrogen and oxygen atoms in total. The van der Waals surface area contributed by atoms with Gasteiger partial charge in [-0.3, -0.25) is 0 Å². The molecule has 2 rings (SSSR count). The van der Waals surface area contributed by atoms with Crippen LogP contribution in [0.15, 0.2) is 12.5 Å². The van der Waals surface area contributed by atoms with Gasteiger partial charge in [-0.1, -0.05) is 0 Å². The number of carboxylic acid groups (broad SMARTS) is 1. The van der Waals surface area contributed by atoms with E-state index >= 15 is 0 Å². The van der Waals surface area contributed by atoms with E-state index in [0.29, 0.717) is 17.5 Å². The fourth-order valence-electron chi connectivity index (χ4n) is 1.68. The van der Waals surface area contributed by atoms with Crippen LogP contribution in [0.1, 0.15) is 16.1 Å². The topological polar surface area (TPSA) is 75.1 Å². The second-order valence-corrected chi connectivity index (χ2v) is 6.44. The highest BCUT2D eigenvalue weighted by atomic mass is 32.2. The van der Waals surface area contributed by atoms with Gasteiger partial charge in [0.05, 0.1) is 5.69 Å². The van der Waals surface area contributed by atoms with Crippen LogP contribution in [0.5, 0.6) is 0 Å². The summed E-state index contributed by atoms with van der Waals surface area (Å²) in [7, 11) is 0. The number of hydrogen-bond acceptors (Lipinski definition) is 6. The quantitative estimate of drug-likeness (QED) is 0.839. The van der Waals surface area contributed by atoms with Crippen molar-refractivity contribution in [3.05, 3.63) is 23.8 Å². The number of rotatable bonds is 5. The minimum Gasteiger partial charge on any atom is -0.478 e. The number of thioether (sulfide) groups is 2. The van der Waals surface area contributed by atoms with Crippen LogP contribution in [0.3, 0.4) is 0 Å². The lowest BCUT2D eigenvalue weighted by Crippen LogP contribution is -2.29. The summed E-state index contributed by atoms with van der Waals surface area (Å²) in [6.45, 7) is 1.37. The van der Waals surface area contributed by atoms with Crippen LogP contribution in [-0.4, -0.2) is 50.1 Å². The fourth-order valence-corrected chi connectivity index (χ4v) is 4.33. The Balaban J connectivity index is 1.84. The van der Waals surface area contributed by atoms with Crippen LogP contribution in [0.25, 0.3) is 0 Å². The van der Waals surface area contributed by atoms with E-state index in [1.165, 1.54) is 24.0 Å². The minimum atomic E-state index is -0.977. The summed E-state index contributed by atoms with van der Waals surface area (Å²) in [5, 5.41) is 12.9. The van der Waals surface area contributed by atoms with Gasteiger partial charge in [-0.2, -0.15) is 23.5 Å². The molecule has 0 spiro atoms. The highest BCUT2D eigenvalue weighted by Crippen LogP contribution is 2.23. The second kappa shape index (κ2) is 6.96. The third kappa shape index (κ3) is 3.86. The van der Waals surface area contributed by atoms with Gasteiger partial charge in [0, 0.05) is 41.8 Å². The highest BCUT2D eigenvalue weighted by Gasteiger charge is 2.15. The Bertz CT molecular complexity index is 411. The lowest BCUT2D eigenvalue weighted by Gasteiger charge is -2.21. The van der Waals surface area contributed by atoms with E-state index in [-0.39, 0.29) is 5.56 Å². The Hall–Kier alpha value is -0.790. The van der Waals surface area contributed by atoms with Gasteiger partial charge in [-0.25, -0.2) is 14.8 Å². The smallest absolute Gasteiger partial charge is 0.339 e. The van der Waals surface area contributed by atoms with Crippen LogP contribution in [0, 0.1) is 0 Å². The molecular weight excluding hydrogens is 270 g/mol. The molecule has 1 atom stereocenters. The maximum absolute atomic E-state index is 11.0. The van der Waals surface area contributed by atoms with E-state index in [9.17, 15) is 4.79 Å². The summed E-state index contributed by atoms with van der Waals surface area (Å²) in [6, 6.07) is 0. The van der Waals surface area contributed by atoms with Gasteiger partial charge < -0.3 is 10.4 Å². The Labute approximate surface area is 114 Å². The summed E-state index contributed by atoms with van der Waals surface area (Å²) >= 11 is 3.95. The van der Waals surface area contributed by atoms with E-state index < -0.39 is 5.97 Å². The summed E-state index contributed by atoms with van der Waals surface area (Å²) < 4.78 is 0. The van der Waals surface area contributed by atoms with Gasteiger partial charge in [0.1, 0.15) is 11.9 Å². The lowest BCUT2D eigenvalue weighted by molar-refractivity contribution is 0.0694. The first-order chi connectivity index (χ1) is 8.77. The third-order valence-corrected chi connectivity index (χ3v) is 5.42. The summed E-state index contributed by atoms with van der Waals surface area (Å²) in [6.07, 6.45) is 2.73. The van der Waals surface area contributed by atoms with Crippen molar-refractivity contribution in [3.63, 3.8) is 0 Å². The molecule has 0 amide bonds. The van der Waals surface area contributed by atoms with Crippen molar-refractivity contribution in [2.24, 2.45) is 0 Å². The number of hydrogen-bond donors (Lipinski definition) is 2. The normalized spacial score (nSPS) is 19.7. The van der Waals surface area contributed by atoms with E-state index in [2.05, 4.69) is 15.3 Å². The monoisotopic (exact) mass is 285 g/mol. The summed E-state index contributed by atoms with van der Waals surface area (Å²) in [4.78, 5) is 18.7. The maximum atomic E-state index is 11.0. The fraction of sp³-hybridized carbons (Fsp3) is 0.545. The van der Waals surface area contributed by atoms with Crippen molar-refractivity contribution in [1.82, 2.24) is 15.3 Å². The Morgan fingerprint density at radius 3 is 3.17 bits per heavy atom. The van der Waals surface area contributed by atoms with Crippen LogP contribution in [-0.2, 0) is 6.54 Å². The molecule has 1 fully saturated rings. The highest BCUT2D eigenvalue weighted by molar-refractivity contribution is 8.06. The zero-order valence-electron chi connectivity index (χ0n) is 9.83. The van der Waals surface area contributed by atoms with Crippen LogP contribution in [0.4, 0.5) is 0 Å². The molecule has 0 aliphatic carbocycles. The van der Waals surface area contributed by atoms with Crippen LogP contribution >= 0.6 is 23.5 Å². The number of aromatic carboxylic acids is 1. The Kier molecular flexibility index (Phi) is 5.27. The van der Waals surface area contributed by atoms with Crippen LogP contribution in [0.2, 0.25) is 0 Å². The zero-order valence-corrected chi connectivity index (χ0v) is 11.5. The Morgan fingerprint density at radius 2 is 2.44 bits per heavy atom. The number of carboxylic acids is 1. The van der Waals surface area contributed by atoms with Crippen LogP contribution < -0.4 is 5.32 Å². The zero-order chi connectivity index (χ0) is 12.8. The number of nitrogens with zero attached hydrogens (tertiary/aromatic N) is 2. The molecule has 0 aromatic carbocycles. The molecule has 0 bridgehead atoms. The SMILES string of the molecule is O=C(O)c1cncnc1CNCC1CSCCS1. The van der Waals surface area contributed by atoms with Crippen molar-refractivity contribution in [1.29, 1.82) is 0 Å². The predicted molar refractivity (Wildman–Crippen MR) is 74.3 cm³/mol. The first-order valence-corrected chi connectivity index (χ1v) is 7.90. The molecule has 0 radical (unpaired) electrons. The number of carbonyl (C=O) groups is 1. The van der Waals surface area contributed by atoms with E-state index in [0.717, 1.165) is 12.3 Å². The molecule has 2 heterocycles. The average Bonchev–Trinajstić information content (AvgIpc) is 2.40. The van der Waals surface area contributed by atoms with Gasteiger partial charge >= 0.3 is 5.97 Å². The van der Waals surface area contributed by atoms with Gasteiger partial charge in [-0.15, -0.1) is 0 Å². The van der Waals surface area contributed by atoms with E-state index in [4.69, 9.17) is 5.11 Å². The second-order valence-electron chi connectivity index (χ2n) is 3.89. The van der Waals surface area contributed by atoms with Crippen molar-refractivity contribution >= 4 is 29.5 Å². The molecule has 7 heteroatoms. The molecule has 2 N–H and O–H groups in total. The predicted octanol–water partition coefficient (Wildman–Crippen LogP) is 1.11. The maximum Gasteiger partial charge on any atom is 0.339 e. The largest absolute Gasteiger partial charge is 0.478 e. The number of nitrogens with one attached hydrogen (secondary N) is 1. The summed E-state index contributed by atoms with van der Waals surface area (Å²) in [5.41, 5.74) is 0.724. The van der Waals surface area contributed by atoms with Crippen molar-refractivity contribution in [2.45, 2.75) is 11.8 Å². The van der Waals surface area contributed by atoms with Crippen molar-refractivity contribution < 1.29 is 9.90 Å². The molecule has 98 valence electrons. The standard InChI is InChI=1S/C11H15N3O2S2/c15-11(16)9-4-13-7-14-10(9)5-12-3-8-6-17-1-2-18-8/h4,7-8,12H,1-3,5-6H2,(H,15,16). The van der Waals surface area contributed by atoms with Gasteiger partial charge in [0.2, 0.25) is 0 Å². The first kappa shape index (κ1) is 13.6. The van der Waals surface area contributed by atoms with E-state index in [1.807, 2.05) is 23.5 Å². The molecule has 1 aliphatic rings. The molecule has 1 aromatic rings. The van der Waals surface area contributed by atoms with E-state index in [1.54, 1.807) is 0 Å². The first-order valence-electron chi connectivity index (χ1n) is 5.69. The molecule has 18 heavy (non-hydrogen) atoms. The Morgan fingerprint density at radius 1 is 1.56 bits per heavy atom. The molecule has 1 aromatic heterocycles. The third-order valence-electron chi connectivity index (χ3n) is 2.57. The summed E-state index contributed by atoms with van der Waals surface area (Å²) in [5.74, 6) is 2.61. The number of aromatic nitrogens is 2. The minimum absolute atomic E-state index is 0.177. The lowest BCUT2D eigenvalue weighted by atomic mass is 10.2. The molecular formula is C11H15N3O2S2. The van der Waals surface area contributed by atoms with Gasteiger partial charge in [0.15, 0.2) is 0 Å². The molecule has 0 saturated carbocycles. The van der Waals surface area contributed by atoms with Crippen molar-refractivity contribution in [2.75, 3.05) is 23.8 Å². The molecule has 1 unspecified atom stereocenters. The molecule has 1 saturated heterocycles. The van der Waals surface area contributed by atoms with Crippen molar-refractivity contribution in [3.8, 4) is 0 Å².